The summed E-state index contributed by atoms with van der Waals surface area (Å²) in [5, 5.41) is -0.510. The van der Waals surface area contributed by atoms with Gasteiger partial charge in [0.15, 0.2) is 0 Å². The first-order valence-corrected chi connectivity index (χ1v) is 4.00. The van der Waals surface area contributed by atoms with Gasteiger partial charge in [-0.25, -0.2) is 0 Å². The third-order valence-electron chi connectivity index (χ3n) is 1.07. The topological polar surface area (TPSA) is 34.1 Å². The summed E-state index contributed by atoms with van der Waals surface area (Å²) in [6.45, 7) is 0. The molecule has 0 aliphatic heterocycles. The molecule has 0 amide bonds. The second kappa shape index (κ2) is 5.80. The van der Waals surface area contributed by atoms with E-state index in [4.69, 9.17) is 0 Å². The monoisotopic (exact) mass is 178 g/mol. The van der Waals surface area contributed by atoms with Gasteiger partial charge in [0.1, 0.15) is 12.6 Å². The van der Waals surface area contributed by atoms with Gasteiger partial charge in [-0.1, -0.05) is 0 Å². The standard InChI is InChI=1S/C6H10O2S2/c7-3-5(9)1-2-6(10)4-8/h3-6,9-10H,1-2H2. The molecule has 0 rings (SSSR count). The van der Waals surface area contributed by atoms with Crippen molar-refractivity contribution >= 4 is 37.8 Å². The molecule has 2 nitrogen and oxygen atoms in total. The van der Waals surface area contributed by atoms with Gasteiger partial charge in [-0.3, -0.25) is 0 Å². The minimum Gasteiger partial charge on any atom is -0.302 e. The minimum atomic E-state index is -0.255. The van der Waals surface area contributed by atoms with Crippen LogP contribution in [0.15, 0.2) is 0 Å². The van der Waals surface area contributed by atoms with Gasteiger partial charge >= 0.3 is 0 Å². The Hall–Kier alpha value is 0.0400. The zero-order valence-corrected chi connectivity index (χ0v) is 7.22. The maximum Gasteiger partial charge on any atom is 0.132 e. The molecule has 2 unspecified atom stereocenters. The van der Waals surface area contributed by atoms with Crippen molar-refractivity contribution in [3.8, 4) is 0 Å². The van der Waals surface area contributed by atoms with Crippen molar-refractivity contribution in [2.75, 3.05) is 0 Å². The third-order valence-corrected chi connectivity index (χ3v) is 1.83. The highest BCUT2D eigenvalue weighted by Gasteiger charge is 2.04. The van der Waals surface area contributed by atoms with Gasteiger partial charge in [0, 0.05) is 0 Å². The first-order valence-electron chi connectivity index (χ1n) is 2.97. The first kappa shape index (κ1) is 10.0. The Kier molecular flexibility index (Phi) is 5.82. The molecule has 0 aromatic carbocycles. The Bertz CT molecular complexity index is 102. The van der Waals surface area contributed by atoms with Crippen LogP contribution in [0, 0.1) is 0 Å². The van der Waals surface area contributed by atoms with Crippen LogP contribution in [0.5, 0.6) is 0 Å². The lowest BCUT2D eigenvalue weighted by Crippen LogP contribution is -2.06. The Morgan fingerprint density at radius 3 is 1.50 bits per heavy atom. The van der Waals surface area contributed by atoms with E-state index in [0.29, 0.717) is 12.8 Å². The summed E-state index contributed by atoms with van der Waals surface area (Å²) in [5.41, 5.74) is 0. The number of aldehydes is 2. The van der Waals surface area contributed by atoms with Crippen molar-refractivity contribution in [2.45, 2.75) is 23.3 Å². The average molecular weight is 178 g/mol. The second-order valence-electron chi connectivity index (χ2n) is 1.98. The lowest BCUT2D eigenvalue weighted by Gasteiger charge is -2.02. The van der Waals surface area contributed by atoms with Crippen LogP contribution in [0.25, 0.3) is 0 Å². The predicted octanol–water partition coefficient (Wildman–Crippen LogP) is 0.761. The zero-order chi connectivity index (χ0) is 7.98. The molecule has 0 aliphatic carbocycles. The summed E-state index contributed by atoms with van der Waals surface area (Å²) in [4.78, 5) is 20.0. The molecule has 0 aromatic heterocycles. The fourth-order valence-corrected chi connectivity index (χ4v) is 0.776. The molecule has 0 fully saturated rings. The van der Waals surface area contributed by atoms with E-state index < -0.39 is 0 Å². The van der Waals surface area contributed by atoms with Gasteiger partial charge in [-0.15, -0.1) is 0 Å². The van der Waals surface area contributed by atoms with Crippen LogP contribution in [0.4, 0.5) is 0 Å². The molecule has 4 heteroatoms. The molecule has 0 saturated carbocycles. The van der Waals surface area contributed by atoms with Crippen LogP contribution in [0.1, 0.15) is 12.8 Å². The lowest BCUT2D eigenvalue weighted by molar-refractivity contribution is -0.109. The van der Waals surface area contributed by atoms with Crippen LogP contribution < -0.4 is 0 Å². The molecule has 10 heavy (non-hydrogen) atoms. The van der Waals surface area contributed by atoms with Crippen molar-refractivity contribution in [3.05, 3.63) is 0 Å². The molecule has 2 atom stereocenters. The Balaban J connectivity index is 3.34. The van der Waals surface area contributed by atoms with E-state index in [0.717, 1.165) is 12.6 Å². The van der Waals surface area contributed by atoms with Crippen molar-refractivity contribution < 1.29 is 9.59 Å². The highest BCUT2D eigenvalue weighted by atomic mass is 32.1. The number of rotatable bonds is 5. The fraction of sp³-hybridized carbons (Fsp3) is 0.667. The van der Waals surface area contributed by atoms with E-state index in [9.17, 15) is 9.59 Å². The van der Waals surface area contributed by atoms with E-state index in [-0.39, 0.29) is 10.5 Å². The normalized spacial score (nSPS) is 15.8. The third kappa shape index (κ3) is 4.88. The number of hydrogen-bond donors (Lipinski definition) is 2. The highest BCUT2D eigenvalue weighted by molar-refractivity contribution is 7.82. The summed E-state index contributed by atoms with van der Waals surface area (Å²) in [6, 6.07) is 0. The molecule has 58 valence electrons. The minimum absolute atomic E-state index is 0.255. The molecule has 0 radical (unpaired) electrons. The SMILES string of the molecule is O=CC(S)CCC(S)C=O. The molecular formula is C6H10O2S2. The Morgan fingerprint density at radius 1 is 1.00 bits per heavy atom. The molecule has 0 aromatic rings. The van der Waals surface area contributed by atoms with E-state index >= 15 is 0 Å². The number of carbonyl (C=O) groups excluding carboxylic acids is 2. The number of hydrogen-bond acceptors (Lipinski definition) is 4. The quantitative estimate of drug-likeness (QED) is 0.481. The smallest absolute Gasteiger partial charge is 0.132 e. The Morgan fingerprint density at radius 2 is 1.30 bits per heavy atom. The van der Waals surface area contributed by atoms with E-state index in [1.54, 1.807) is 0 Å². The van der Waals surface area contributed by atoms with Crippen LogP contribution in [-0.4, -0.2) is 23.1 Å². The van der Waals surface area contributed by atoms with Crippen molar-refractivity contribution in [1.29, 1.82) is 0 Å². The van der Waals surface area contributed by atoms with Crippen LogP contribution in [0.2, 0.25) is 0 Å². The van der Waals surface area contributed by atoms with Crippen LogP contribution >= 0.6 is 25.3 Å². The van der Waals surface area contributed by atoms with Gasteiger partial charge in [0.25, 0.3) is 0 Å². The largest absolute Gasteiger partial charge is 0.302 e. The van der Waals surface area contributed by atoms with Crippen molar-refractivity contribution in [1.82, 2.24) is 0 Å². The maximum atomic E-state index is 10.0. The van der Waals surface area contributed by atoms with Crippen LogP contribution in [0.3, 0.4) is 0 Å². The van der Waals surface area contributed by atoms with E-state index in [2.05, 4.69) is 25.3 Å². The maximum absolute atomic E-state index is 10.0. The molecular weight excluding hydrogens is 168 g/mol. The van der Waals surface area contributed by atoms with Gasteiger partial charge in [0.05, 0.1) is 10.5 Å². The van der Waals surface area contributed by atoms with E-state index in [1.807, 2.05) is 0 Å². The summed E-state index contributed by atoms with van der Waals surface area (Å²) in [5.74, 6) is 0. The predicted molar refractivity (Wildman–Crippen MR) is 46.9 cm³/mol. The summed E-state index contributed by atoms with van der Waals surface area (Å²) >= 11 is 7.85. The number of carbonyl (C=O) groups is 2. The highest BCUT2D eigenvalue weighted by Crippen LogP contribution is 2.07. The van der Waals surface area contributed by atoms with E-state index in [1.165, 1.54) is 0 Å². The van der Waals surface area contributed by atoms with Crippen molar-refractivity contribution in [3.63, 3.8) is 0 Å². The number of thiol groups is 2. The molecule has 0 aliphatic rings. The van der Waals surface area contributed by atoms with Gasteiger partial charge < -0.3 is 9.59 Å². The van der Waals surface area contributed by atoms with Gasteiger partial charge in [-0.05, 0) is 12.8 Å². The van der Waals surface area contributed by atoms with Crippen molar-refractivity contribution in [2.24, 2.45) is 0 Å². The molecule has 0 saturated heterocycles. The fourth-order valence-electron chi connectivity index (χ4n) is 0.478. The molecule has 0 spiro atoms. The Labute approximate surface area is 71.2 Å². The lowest BCUT2D eigenvalue weighted by atomic mass is 10.2. The summed E-state index contributed by atoms with van der Waals surface area (Å²) in [7, 11) is 0. The van der Waals surface area contributed by atoms with Crippen LogP contribution in [-0.2, 0) is 9.59 Å². The van der Waals surface area contributed by atoms with Gasteiger partial charge in [-0.2, -0.15) is 25.3 Å². The average Bonchev–Trinajstić information content (AvgIpc) is 1.99. The first-order chi connectivity index (χ1) is 4.70. The second-order valence-corrected chi connectivity index (χ2v) is 3.31. The van der Waals surface area contributed by atoms with Gasteiger partial charge in [0.2, 0.25) is 0 Å². The zero-order valence-electron chi connectivity index (χ0n) is 5.43. The summed E-state index contributed by atoms with van der Waals surface area (Å²) < 4.78 is 0. The molecule has 0 N–H and O–H groups in total. The molecule has 0 bridgehead atoms. The summed E-state index contributed by atoms with van der Waals surface area (Å²) in [6.07, 6.45) is 2.74. The molecule has 0 heterocycles.